The van der Waals surface area contributed by atoms with Crippen LogP contribution in [0.1, 0.15) is 11.1 Å². The number of nitrogens with two attached hydrogens (primary N) is 1. The maximum absolute atomic E-state index is 5.74. The van der Waals surface area contributed by atoms with Crippen molar-refractivity contribution in [2.24, 2.45) is 5.73 Å². The van der Waals surface area contributed by atoms with Crippen LogP contribution in [0.2, 0.25) is 0 Å². The van der Waals surface area contributed by atoms with Crippen molar-refractivity contribution < 1.29 is 0 Å². The fourth-order valence-electron chi connectivity index (χ4n) is 1.86. The summed E-state index contributed by atoms with van der Waals surface area (Å²) in [5.74, 6) is 0. The molecule has 0 amide bonds. The molecular weight excluding hydrogens is 320 g/mol. The van der Waals surface area contributed by atoms with Crippen LogP contribution in [0, 0.1) is 0 Å². The molecule has 0 aromatic heterocycles. The van der Waals surface area contributed by atoms with E-state index in [1.807, 2.05) is 24.3 Å². The molecule has 0 unspecified atom stereocenters. The second-order valence-electron chi connectivity index (χ2n) is 4.22. The van der Waals surface area contributed by atoms with Gasteiger partial charge in [-0.15, -0.1) is 0 Å². The van der Waals surface area contributed by atoms with Crippen molar-refractivity contribution in [3.63, 3.8) is 0 Å². The summed E-state index contributed by atoms with van der Waals surface area (Å²) in [4.78, 5) is 0.406. The summed E-state index contributed by atoms with van der Waals surface area (Å²) in [5.41, 5.74) is 8.90. The van der Waals surface area contributed by atoms with Gasteiger partial charge in [0.1, 0.15) is 4.99 Å². The molecule has 3 N–H and O–H groups in total. The summed E-state index contributed by atoms with van der Waals surface area (Å²) in [7, 11) is 0. The Labute approximate surface area is 127 Å². The molecule has 0 spiro atoms. The van der Waals surface area contributed by atoms with Crippen LogP contribution in [0.15, 0.2) is 53.0 Å². The molecule has 0 saturated heterocycles. The first kappa shape index (κ1) is 14.0. The second-order valence-corrected chi connectivity index (χ2v) is 5.57. The molecule has 0 aliphatic carbocycles. The molecule has 98 valence electrons. The van der Waals surface area contributed by atoms with Crippen molar-refractivity contribution in [3.05, 3.63) is 64.1 Å². The van der Waals surface area contributed by atoms with Gasteiger partial charge >= 0.3 is 0 Å². The Morgan fingerprint density at radius 1 is 1.16 bits per heavy atom. The SMILES string of the molecule is NC(=S)c1cc(Br)ccc1NCCc1ccccc1. The molecule has 0 fully saturated rings. The van der Waals surface area contributed by atoms with Crippen molar-refractivity contribution in [2.45, 2.75) is 6.42 Å². The van der Waals surface area contributed by atoms with Crippen molar-refractivity contribution in [3.8, 4) is 0 Å². The molecule has 0 radical (unpaired) electrons. The normalized spacial score (nSPS) is 10.2. The monoisotopic (exact) mass is 334 g/mol. The molecule has 0 aliphatic heterocycles. The lowest BCUT2D eigenvalue weighted by atomic mass is 10.1. The third-order valence-corrected chi connectivity index (χ3v) is 3.53. The van der Waals surface area contributed by atoms with Crippen LogP contribution < -0.4 is 11.1 Å². The zero-order valence-electron chi connectivity index (χ0n) is 10.4. The quantitative estimate of drug-likeness (QED) is 0.818. The Hall–Kier alpha value is -1.39. The molecular formula is C15H15BrN2S. The average Bonchev–Trinajstić information content (AvgIpc) is 2.41. The van der Waals surface area contributed by atoms with Crippen LogP contribution in [0.5, 0.6) is 0 Å². The van der Waals surface area contributed by atoms with E-state index < -0.39 is 0 Å². The van der Waals surface area contributed by atoms with Crippen LogP contribution in [0.3, 0.4) is 0 Å². The Morgan fingerprint density at radius 3 is 2.58 bits per heavy atom. The smallest absolute Gasteiger partial charge is 0.106 e. The highest BCUT2D eigenvalue weighted by Gasteiger charge is 2.05. The van der Waals surface area contributed by atoms with Gasteiger partial charge in [0, 0.05) is 22.3 Å². The Bertz CT molecular complexity index is 570. The fourth-order valence-corrected chi connectivity index (χ4v) is 2.39. The summed E-state index contributed by atoms with van der Waals surface area (Å²) < 4.78 is 0.976. The van der Waals surface area contributed by atoms with E-state index in [1.54, 1.807) is 0 Å². The van der Waals surface area contributed by atoms with E-state index in [2.05, 4.69) is 45.5 Å². The highest BCUT2D eigenvalue weighted by atomic mass is 79.9. The molecule has 2 aromatic carbocycles. The molecule has 0 aliphatic rings. The lowest BCUT2D eigenvalue weighted by molar-refractivity contribution is 1.02. The second kappa shape index (κ2) is 6.68. The number of halogens is 1. The minimum absolute atomic E-state index is 0.406. The van der Waals surface area contributed by atoms with Crippen LogP contribution in [-0.2, 0) is 6.42 Å². The molecule has 0 bridgehead atoms. The van der Waals surface area contributed by atoms with Gasteiger partial charge in [-0.05, 0) is 30.2 Å². The Kier molecular flexibility index (Phi) is 4.93. The standard InChI is InChI=1S/C15H15BrN2S/c16-12-6-7-14(13(10-12)15(17)19)18-9-8-11-4-2-1-3-5-11/h1-7,10,18H,8-9H2,(H2,17,19). The van der Waals surface area contributed by atoms with Crippen molar-refractivity contribution in [2.75, 3.05) is 11.9 Å². The molecule has 2 rings (SSSR count). The van der Waals surface area contributed by atoms with E-state index in [9.17, 15) is 0 Å². The number of nitrogens with one attached hydrogen (secondary N) is 1. The van der Waals surface area contributed by atoms with Gasteiger partial charge in [0.15, 0.2) is 0 Å². The highest BCUT2D eigenvalue weighted by molar-refractivity contribution is 9.10. The van der Waals surface area contributed by atoms with Crippen LogP contribution in [-0.4, -0.2) is 11.5 Å². The van der Waals surface area contributed by atoms with Gasteiger partial charge in [-0.25, -0.2) is 0 Å². The van der Waals surface area contributed by atoms with Gasteiger partial charge in [-0.2, -0.15) is 0 Å². The Morgan fingerprint density at radius 2 is 1.89 bits per heavy atom. The van der Waals surface area contributed by atoms with Crippen LogP contribution in [0.25, 0.3) is 0 Å². The molecule has 0 atom stereocenters. The number of hydrogen-bond acceptors (Lipinski definition) is 2. The van der Waals surface area contributed by atoms with Gasteiger partial charge < -0.3 is 11.1 Å². The van der Waals surface area contributed by atoms with E-state index in [4.69, 9.17) is 18.0 Å². The molecule has 19 heavy (non-hydrogen) atoms. The van der Waals surface area contributed by atoms with Crippen LogP contribution in [0.4, 0.5) is 5.69 Å². The van der Waals surface area contributed by atoms with E-state index in [-0.39, 0.29) is 0 Å². The maximum Gasteiger partial charge on any atom is 0.106 e. The first-order chi connectivity index (χ1) is 9.16. The molecule has 4 heteroatoms. The van der Waals surface area contributed by atoms with Crippen molar-refractivity contribution in [1.82, 2.24) is 0 Å². The molecule has 2 aromatic rings. The predicted octanol–water partition coefficient (Wildman–Crippen LogP) is 3.74. The lowest BCUT2D eigenvalue weighted by Gasteiger charge is -2.11. The lowest BCUT2D eigenvalue weighted by Crippen LogP contribution is -2.14. The number of hydrogen-bond donors (Lipinski definition) is 2. The zero-order chi connectivity index (χ0) is 13.7. The van der Waals surface area contributed by atoms with Crippen LogP contribution >= 0.6 is 28.1 Å². The van der Waals surface area contributed by atoms with E-state index in [0.717, 1.165) is 28.7 Å². The first-order valence-electron chi connectivity index (χ1n) is 6.04. The van der Waals surface area contributed by atoms with Gasteiger partial charge in [-0.3, -0.25) is 0 Å². The molecule has 0 saturated carbocycles. The summed E-state index contributed by atoms with van der Waals surface area (Å²) >= 11 is 8.50. The van der Waals surface area contributed by atoms with Crippen molar-refractivity contribution >= 4 is 38.8 Å². The summed E-state index contributed by atoms with van der Waals surface area (Å²) in [6, 6.07) is 16.3. The number of rotatable bonds is 5. The third kappa shape index (κ3) is 4.04. The minimum atomic E-state index is 0.406. The zero-order valence-corrected chi connectivity index (χ0v) is 12.8. The first-order valence-corrected chi connectivity index (χ1v) is 7.24. The molecule has 2 nitrogen and oxygen atoms in total. The third-order valence-electron chi connectivity index (χ3n) is 2.82. The van der Waals surface area contributed by atoms with E-state index >= 15 is 0 Å². The number of thiocarbonyl (C=S) groups is 1. The summed E-state index contributed by atoms with van der Waals surface area (Å²) in [6.07, 6.45) is 0.966. The van der Waals surface area contributed by atoms with Crippen molar-refractivity contribution in [1.29, 1.82) is 0 Å². The van der Waals surface area contributed by atoms with Gasteiger partial charge in [0.2, 0.25) is 0 Å². The minimum Gasteiger partial charge on any atom is -0.389 e. The highest BCUT2D eigenvalue weighted by Crippen LogP contribution is 2.21. The van der Waals surface area contributed by atoms with E-state index in [1.165, 1.54) is 5.56 Å². The number of benzene rings is 2. The fraction of sp³-hybridized carbons (Fsp3) is 0.133. The summed E-state index contributed by atoms with van der Waals surface area (Å²) in [6.45, 7) is 0.848. The average molecular weight is 335 g/mol. The Balaban J connectivity index is 2.02. The van der Waals surface area contributed by atoms with Gasteiger partial charge in [0.05, 0.1) is 0 Å². The summed E-state index contributed by atoms with van der Waals surface area (Å²) in [5, 5.41) is 3.38. The molecule has 0 heterocycles. The predicted molar refractivity (Wildman–Crippen MR) is 88.7 cm³/mol. The van der Waals surface area contributed by atoms with E-state index in [0.29, 0.717) is 4.99 Å². The van der Waals surface area contributed by atoms with Gasteiger partial charge in [0.25, 0.3) is 0 Å². The van der Waals surface area contributed by atoms with Gasteiger partial charge in [-0.1, -0.05) is 58.5 Å². The number of anilines is 1. The largest absolute Gasteiger partial charge is 0.389 e. The maximum atomic E-state index is 5.74. The topological polar surface area (TPSA) is 38.0 Å².